The largest absolute Gasteiger partial charge is 0.447 e. The van der Waals surface area contributed by atoms with Gasteiger partial charge in [0.1, 0.15) is 4.60 Å². The van der Waals surface area contributed by atoms with E-state index in [4.69, 9.17) is 4.74 Å². The van der Waals surface area contributed by atoms with Gasteiger partial charge < -0.3 is 4.74 Å². The summed E-state index contributed by atoms with van der Waals surface area (Å²) in [5.41, 5.74) is 0.650. The topological polar surface area (TPSA) is 51.2 Å². The van der Waals surface area contributed by atoms with Gasteiger partial charge in [-0.1, -0.05) is 0 Å². The summed E-state index contributed by atoms with van der Waals surface area (Å²) in [5, 5.41) is 2.58. The number of rotatable bonds is 2. The maximum Gasteiger partial charge on any atom is 0.411 e. The fraction of sp³-hybridized carbons (Fsp3) is 0.333. The molecule has 0 aliphatic heterocycles. The molecule has 1 aromatic rings. The summed E-state index contributed by atoms with van der Waals surface area (Å²) in [6.07, 6.45) is 1.01. The minimum Gasteiger partial charge on any atom is -0.447 e. The fourth-order valence-corrected chi connectivity index (χ4v) is 1.21. The van der Waals surface area contributed by atoms with Crippen LogP contribution in [0.4, 0.5) is 10.5 Å². The predicted octanol–water partition coefficient (Wildman–Crippen LogP) is 2.80. The van der Waals surface area contributed by atoms with E-state index in [1.807, 2.05) is 0 Å². The summed E-state index contributed by atoms with van der Waals surface area (Å²) >= 11 is 3.20. The molecule has 14 heavy (non-hydrogen) atoms. The van der Waals surface area contributed by atoms with Gasteiger partial charge in [-0.2, -0.15) is 0 Å². The van der Waals surface area contributed by atoms with Crippen LogP contribution in [0.5, 0.6) is 0 Å². The van der Waals surface area contributed by atoms with Crippen molar-refractivity contribution >= 4 is 27.7 Å². The first kappa shape index (κ1) is 11.0. The van der Waals surface area contributed by atoms with Gasteiger partial charge in [-0.05, 0) is 41.9 Å². The average molecular weight is 259 g/mol. The van der Waals surface area contributed by atoms with Crippen molar-refractivity contribution < 1.29 is 9.53 Å². The fourth-order valence-electron chi connectivity index (χ4n) is 0.842. The number of hydrogen-bond acceptors (Lipinski definition) is 3. The zero-order valence-electron chi connectivity index (χ0n) is 7.95. The number of anilines is 1. The summed E-state index contributed by atoms with van der Waals surface area (Å²) in [5.74, 6) is 0. The molecule has 1 rings (SSSR count). The first-order valence-corrected chi connectivity index (χ1v) is 4.96. The number of nitrogens with zero attached hydrogens (tertiary/aromatic N) is 1. The maximum absolute atomic E-state index is 11.2. The smallest absolute Gasteiger partial charge is 0.411 e. The second kappa shape index (κ2) is 4.95. The van der Waals surface area contributed by atoms with Gasteiger partial charge in [0, 0.05) is 11.9 Å². The molecule has 0 atom stereocenters. The molecule has 0 saturated heterocycles. The third-order valence-corrected chi connectivity index (χ3v) is 1.75. The number of hydrogen-bond donors (Lipinski definition) is 1. The van der Waals surface area contributed by atoms with Crippen molar-refractivity contribution in [1.82, 2.24) is 4.98 Å². The van der Waals surface area contributed by atoms with E-state index >= 15 is 0 Å². The standard InChI is InChI=1S/C9H11BrN2O2/c1-6(2)14-9(13)12-7-3-4-11-8(10)5-7/h3-6H,1-2H3,(H,11,12,13). The lowest BCUT2D eigenvalue weighted by Gasteiger charge is -2.09. The predicted molar refractivity (Wildman–Crippen MR) is 57.2 cm³/mol. The lowest BCUT2D eigenvalue weighted by molar-refractivity contribution is 0.130. The molecule has 0 radical (unpaired) electrons. The zero-order valence-corrected chi connectivity index (χ0v) is 9.54. The van der Waals surface area contributed by atoms with Crippen molar-refractivity contribution in [3.05, 3.63) is 22.9 Å². The van der Waals surface area contributed by atoms with E-state index in [1.165, 1.54) is 0 Å². The molecule has 1 aromatic heterocycles. The van der Waals surface area contributed by atoms with Gasteiger partial charge in [-0.3, -0.25) is 5.32 Å². The number of nitrogens with one attached hydrogen (secondary N) is 1. The molecule has 76 valence electrons. The zero-order chi connectivity index (χ0) is 10.6. The Morgan fingerprint density at radius 2 is 2.36 bits per heavy atom. The monoisotopic (exact) mass is 258 g/mol. The Morgan fingerprint density at radius 3 is 2.93 bits per heavy atom. The Morgan fingerprint density at radius 1 is 1.64 bits per heavy atom. The van der Waals surface area contributed by atoms with E-state index in [-0.39, 0.29) is 6.10 Å². The number of ether oxygens (including phenoxy) is 1. The van der Waals surface area contributed by atoms with Crippen LogP contribution in [0, 0.1) is 0 Å². The van der Waals surface area contributed by atoms with Crippen LogP contribution in [0.3, 0.4) is 0 Å². The molecular formula is C9H11BrN2O2. The van der Waals surface area contributed by atoms with Gasteiger partial charge in [0.2, 0.25) is 0 Å². The molecule has 0 spiro atoms. The van der Waals surface area contributed by atoms with E-state index in [0.717, 1.165) is 0 Å². The van der Waals surface area contributed by atoms with Gasteiger partial charge in [-0.15, -0.1) is 0 Å². The number of aromatic nitrogens is 1. The third kappa shape index (κ3) is 3.74. The van der Waals surface area contributed by atoms with Gasteiger partial charge in [0.05, 0.1) is 6.10 Å². The Labute approximate surface area is 90.8 Å². The maximum atomic E-state index is 11.2. The number of carbonyl (C=O) groups excluding carboxylic acids is 1. The van der Waals surface area contributed by atoms with Crippen LogP contribution >= 0.6 is 15.9 Å². The minimum atomic E-state index is -0.460. The summed E-state index contributed by atoms with van der Waals surface area (Å²) in [6, 6.07) is 3.38. The molecule has 0 saturated carbocycles. The van der Waals surface area contributed by atoms with Crippen molar-refractivity contribution in [3.8, 4) is 0 Å². The van der Waals surface area contributed by atoms with Crippen LogP contribution in [-0.4, -0.2) is 17.2 Å². The molecule has 0 aliphatic carbocycles. The van der Waals surface area contributed by atoms with E-state index in [1.54, 1.807) is 32.2 Å². The average Bonchev–Trinajstić information content (AvgIpc) is 2.01. The minimum absolute atomic E-state index is 0.125. The van der Waals surface area contributed by atoms with Gasteiger partial charge in [-0.25, -0.2) is 9.78 Å². The molecule has 0 aromatic carbocycles. The van der Waals surface area contributed by atoms with Gasteiger partial charge in [0.25, 0.3) is 0 Å². The number of amides is 1. The molecule has 1 heterocycles. The Balaban J connectivity index is 2.56. The molecule has 1 amide bonds. The quantitative estimate of drug-likeness (QED) is 0.831. The van der Waals surface area contributed by atoms with Crippen molar-refractivity contribution in [2.24, 2.45) is 0 Å². The van der Waals surface area contributed by atoms with Crippen molar-refractivity contribution in [1.29, 1.82) is 0 Å². The molecule has 0 aliphatic rings. The van der Waals surface area contributed by atoms with Crippen molar-refractivity contribution in [2.45, 2.75) is 20.0 Å². The van der Waals surface area contributed by atoms with Crippen LogP contribution in [-0.2, 0) is 4.74 Å². The van der Waals surface area contributed by atoms with Crippen LogP contribution in [0.2, 0.25) is 0 Å². The molecule has 4 nitrogen and oxygen atoms in total. The highest BCUT2D eigenvalue weighted by molar-refractivity contribution is 9.10. The molecule has 0 unspecified atom stereocenters. The second-order valence-electron chi connectivity index (χ2n) is 2.95. The molecule has 0 bridgehead atoms. The van der Waals surface area contributed by atoms with E-state index in [9.17, 15) is 4.79 Å². The first-order valence-electron chi connectivity index (χ1n) is 4.17. The van der Waals surface area contributed by atoms with E-state index in [2.05, 4.69) is 26.2 Å². The van der Waals surface area contributed by atoms with E-state index < -0.39 is 6.09 Å². The second-order valence-corrected chi connectivity index (χ2v) is 3.76. The summed E-state index contributed by atoms with van der Waals surface area (Å²) in [4.78, 5) is 15.1. The lowest BCUT2D eigenvalue weighted by atomic mass is 10.4. The first-order chi connectivity index (χ1) is 6.58. The summed E-state index contributed by atoms with van der Waals surface area (Å²) < 4.78 is 5.57. The van der Waals surface area contributed by atoms with Crippen LogP contribution in [0.15, 0.2) is 22.9 Å². The Kier molecular flexibility index (Phi) is 3.88. The Bertz CT molecular complexity index is 328. The van der Waals surface area contributed by atoms with E-state index in [0.29, 0.717) is 10.3 Å². The molecule has 1 N–H and O–H groups in total. The van der Waals surface area contributed by atoms with Crippen LogP contribution < -0.4 is 5.32 Å². The van der Waals surface area contributed by atoms with Gasteiger partial charge in [0.15, 0.2) is 0 Å². The lowest BCUT2D eigenvalue weighted by Crippen LogP contribution is -2.17. The number of carbonyl (C=O) groups is 1. The molecule has 0 fully saturated rings. The summed E-state index contributed by atoms with van der Waals surface area (Å²) in [6.45, 7) is 3.59. The summed E-state index contributed by atoms with van der Waals surface area (Å²) in [7, 11) is 0. The van der Waals surface area contributed by atoms with Gasteiger partial charge >= 0.3 is 6.09 Å². The number of pyridine rings is 1. The molecule has 5 heteroatoms. The van der Waals surface area contributed by atoms with Crippen LogP contribution in [0.1, 0.15) is 13.8 Å². The highest BCUT2D eigenvalue weighted by Gasteiger charge is 2.05. The number of halogens is 1. The third-order valence-electron chi connectivity index (χ3n) is 1.32. The SMILES string of the molecule is CC(C)OC(=O)Nc1ccnc(Br)c1. The molecular weight excluding hydrogens is 248 g/mol. The normalized spacial score (nSPS) is 10.0. The van der Waals surface area contributed by atoms with Crippen molar-refractivity contribution in [2.75, 3.05) is 5.32 Å². The highest BCUT2D eigenvalue weighted by Crippen LogP contribution is 2.12. The Hall–Kier alpha value is -1.10. The highest BCUT2D eigenvalue weighted by atomic mass is 79.9. The van der Waals surface area contributed by atoms with Crippen LogP contribution in [0.25, 0.3) is 0 Å². The van der Waals surface area contributed by atoms with Crippen molar-refractivity contribution in [3.63, 3.8) is 0 Å².